The molecule has 92 valence electrons. The molecule has 0 saturated carbocycles. The van der Waals surface area contributed by atoms with Crippen molar-refractivity contribution < 1.29 is 4.74 Å². The van der Waals surface area contributed by atoms with Crippen molar-refractivity contribution in [2.75, 3.05) is 7.11 Å². The van der Waals surface area contributed by atoms with Gasteiger partial charge in [0.2, 0.25) is 0 Å². The fourth-order valence-electron chi connectivity index (χ4n) is 2.16. The summed E-state index contributed by atoms with van der Waals surface area (Å²) in [6, 6.07) is 6.10. The van der Waals surface area contributed by atoms with E-state index in [1.165, 1.54) is 10.9 Å². The summed E-state index contributed by atoms with van der Waals surface area (Å²) in [5.41, 5.74) is 2.45. The molecule has 0 radical (unpaired) electrons. The Morgan fingerprint density at radius 3 is 3.11 bits per heavy atom. The predicted molar refractivity (Wildman–Crippen MR) is 70.8 cm³/mol. The number of nitrogens with one attached hydrogen (secondary N) is 1. The van der Waals surface area contributed by atoms with Crippen molar-refractivity contribution in [1.82, 2.24) is 14.5 Å². The molecule has 0 fully saturated rings. The van der Waals surface area contributed by atoms with Crippen LogP contribution in [-0.4, -0.2) is 21.6 Å². The van der Waals surface area contributed by atoms with E-state index in [9.17, 15) is 0 Å². The Hall–Kier alpha value is -2.23. The van der Waals surface area contributed by atoms with Crippen LogP contribution < -0.4 is 4.74 Å². The summed E-state index contributed by atoms with van der Waals surface area (Å²) in [6.45, 7) is 0.935. The number of benzene rings is 1. The van der Waals surface area contributed by atoms with E-state index < -0.39 is 0 Å². The van der Waals surface area contributed by atoms with Crippen molar-refractivity contribution in [1.29, 1.82) is 0 Å². The molecule has 18 heavy (non-hydrogen) atoms. The van der Waals surface area contributed by atoms with E-state index in [0.29, 0.717) is 0 Å². The number of nitrogens with zero attached hydrogens (tertiary/aromatic N) is 2. The average Bonchev–Trinajstić information content (AvgIpc) is 3.05. The van der Waals surface area contributed by atoms with E-state index in [0.717, 1.165) is 24.2 Å². The minimum Gasteiger partial charge on any atom is -0.497 e. The van der Waals surface area contributed by atoms with E-state index in [4.69, 9.17) is 4.74 Å². The summed E-state index contributed by atoms with van der Waals surface area (Å²) in [6.07, 6.45) is 8.67. The van der Waals surface area contributed by atoms with Gasteiger partial charge in [0.25, 0.3) is 0 Å². The zero-order chi connectivity index (χ0) is 12.4. The number of methoxy groups -OCH3 is 1. The summed E-state index contributed by atoms with van der Waals surface area (Å²) in [5.74, 6) is 0.894. The van der Waals surface area contributed by atoms with E-state index in [1.807, 2.05) is 18.6 Å². The maximum Gasteiger partial charge on any atom is 0.119 e. The number of hydrogen-bond acceptors (Lipinski definition) is 2. The summed E-state index contributed by atoms with van der Waals surface area (Å²) < 4.78 is 7.35. The highest BCUT2D eigenvalue weighted by Gasteiger charge is 2.05. The molecule has 2 heterocycles. The van der Waals surface area contributed by atoms with Crippen molar-refractivity contribution >= 4 is 10.9 Å². The van der Waals surface area contributed by atoms with Crippen LogP contribution in [0.25, 0.3) is 10.9 Å². The molecule has 0 spiro atoms. The number of H-pyrrole nitrogens is 1. The van der Waals surface area contributed by atoms with Gasteiger partial charge in [0.1, 0.15) is 5.75 Å². The van der Waals surface area contributed by atoms with Gasteiger partial charge in [-0.25, -0.2) is 4.98 Å². The van der Waals surface area contributed by atoms with Gasteiger partial charge < -0.3 is 14.3 Å². The van der Waals surface area contributed by atoms with Crippen LogP contribution in [-0.2, 0) is 13.0 Å². The number of hydrogen-bond donors (Lipinski definition) is 1. The van der Waals surface area contributed by atoms with E-state index in [1.54, 1.807) is 13.3 Å². The molecule has 0 bridgehead atoms. The van der Waals surface area contributed by atoms with Gasteiger partial charge in [0.15, 0.2) is 0 Å². The first kappa shape index (κ1) is 10.9. The highest BCUT2D eigenvalue weighted by atomic mass is 16.5. The molecule has 2 aromatic heterocycles. The summed E-state index contributed by atoms with van der Waals surface area (Å²) >= 11 is 0. The first-order valence-corrected chi connectivity index (χ1v) is 5.96. The van der Waals surface area contributed by atoms with Gasteiger partial charge in [-0.2, -0.15) is 0 Å². The van der Waals surface area contributed by atoms with Crippen LogP contribution >= 0.6 is 0 Å². The number of rotatable bonds is 4. The molecular formula is C14H15N3O. The van der Waals surface area contributed by atoms with Crippen molar-refractivity contribution in [3.05, 3.63) is 48.7 Å². The van der Waals surface area contributed by atoms with Crippen LogP contribution in [0.1, 0.15) is 5.56 Å². The van der Waals surface area contributed by atoms with Gasteiger partial charge in [0.05, 0.1) is 13.4 Å². The van der Waals surface area contributed by atoms with Crippen LogP contribution in [0.5, 0.6) is 5.75 Å². The highest BCUT2D eigenvalue weighted by Crippen LogP contribution is 2.24. The van der Waals surface area contributed by atoms with Crippen molar-refractivity contribution in [3.8, 4) is 5.75 Å². The minimum atomic E-state index is 0.894. The lowest BCUT2D eigenvalue weighted by Crippen LogP contribution is -1.97. The lowest BCUT2D eigenvalue weighted by molar-refractivity contribution is 0.415. The van der Waals surface area contributed by atoms with E-state index >= 15 is 0 Å². The average molecular weight is 241 g/mol. The maximum atomic E-state index is 5.27. The Labute approximate surface area is 105 Å². The number of aromatic amines is 1. The number of imidazole rings is 1. The highest BCUT2D eigenvalue weighted by molar-refractivity contribution is 5.84. The summed E-state index contributed by atoms with van der Waals surface area (Å²) in [5, 5.41) is 1.23. The standard InChI is InChI=1S/C14H15N3O/c1-18-12-2-3-14-13(8-12)11(9-16-14)4-6-17-7-5-15-10-17/h2-3,5,7-10,16H,4,6H2,1H3. The maximum absolute atomic E-state index is 5.27. The number of fused-ring (bicyclic) bond motifs is 1. The second-order valence-corrected chi connectivity index (χ2v) is 4.28. The van der Waals surface area contributed by atoms with Crippen LogP contribution in [0.4, 0.5) is 0 Å². The number of aromatic nitrogens is 3. The Morgan fingerprint density at radius 2 is 2.33 bits per heavy atom. The molecule has 4 nitrogen and oxygen atoms in total. The SMILES string of the molecule is COc1ccc2[nH]cc(CCn3ccnc3)c2c1. The van der Waals surface area contributed by atoms with Crippen molar-refractivity contribution in [3.63, 3.8) is 0 Å². The Balaban J connectivity index is 1.87. The van der Waals surface area contributed by atoms with Gasteiger partial charge in [-0.3, -0.25) is 0 Å². The molecule has 0 aliphatic heterocycles. The molecule has 0 saturated heterocycles. The van der Waals surface area contributed by atoms with Gasteiger partial charge in [-0.1, -0.05) is 0 Å². The zero-order valence-corrected chi connectivity index (χ0v) is 10.3. The third-order valence-electron chi connectivity index (χ3n) is 3.17. The van der Waals surface area contributed by atoms with Gasteiger partial charge in [-0.15, -0.1) is 0 Å². The first-order chi connectivity index (χ1) is 8.86. The van der Waals surface area contributed by atoms with Gasteiger partial charge >= 0.3 is 0 Å². The third-order valence-corrected chi connectivity index (χ3v) is 3.17. The fourth-order valence-corrected chi connectivity index (χ4v) is 2.16. The van der Waals surface area contributed by atoms with Crippen molar-refractivity contribution in [2.45, 2.75) is 13.0 Å². The molecule has 0 aliphatic rings. The normalized spacial score (nSPS) is 10.9. The van der Waals surface area contributed by atoms with Crippen LogP contribution in [0.15, 0.2) is 43.1 Å². The van der Waals surface area contributed by atoms with Gasteiger partial charge in [-0.05, 0) is 30.2 Å². The van der Waals surface area contributed by atoms with E-state index in [-0.39, 0.29) is 0 Å². The van der Waals surface area contributed by atoms with E-state index in [2.05, 4.69) is 32.9 Å². The molecule has 0 atom stereocenters. The fraction of sp³-hybridized carbons (Fsp3) is 0.214. The monoisotopic (exact) mass is 241 g/mol. The Bertz CT molecular complexity index is 640. The Kier molecular flexibility index (Phi) is 2.76. The quantitative estimate of drug-likeness (QED) is 0.763. The lowest BCUT2D eigenvalue weighted by atomic mass is 10.1. The molecule has 3 aromatic rings. The lowest BCUT2D eigenvalue weighted by Gasteiger charge is -2.03. The molecule has 4 heteroatoms. The molecule has 1 N–H and O–H groups in total. The third kappa shape index (κ3) is 1.97. The topological polar surface area (TPSA) is 42.8 Å². The zero-order valence-electron chi connectivity index (χ0n) is 10.3. The van der Waals surface area contributed by atoms with Crippen LogP contribution in [0, 0.1) is 0 Å². The second-order valence-electron chi connectivity index (χ2n) is 4.28. The molecule has 0 amide bonds. The van der Waals surface area contributed by atoms with Crippen molar-refractivity contribution in [2.24, 2.45) is 0 Å². The number of ether oxygens (including phenoxy) is 1. The second kappa shape index (κ2) is 4.56. The molecule has 1 aromatic carbocycles. The summed E-state index contributed by atoms with van der Waals surface area (Å²) in [4.78, 5) is 7.34. The predicted octanol–water partition coefficient (Wildman–Crippen LogP) is 2.62. The largest absolute Gasteiger partial charge is 0.497 e. The van der Waals surface area contributed by atoms with Crippen LogP contribution in [0.3, 0.4) is 0 Å². The molecule has 0 unspecified atom stereocenters. The Morgan fingerprint density at radius 1 is 1.39 bits per heavy atom. The minimum absolute atomic E-state index is 0.894. The molecular weight excluding hydrogens is 226 g/mol. The smallest absolute Gasteiger partial charge is 0.119 e. The first-order valence-electron chi connectivity index (χ1n) is 5.96. The molecule has 3 rings (SSSR count). The number of aryl methyl sites for hydroxylation is 2. The molecule has 0 aliphatic carbocycles. The van der Waals surface area contributed by atoms with Gasteiger partial charge in [0, 0.05) is 36.0 Å². The van der Waals surface area contributed by atoms with Crippen LogP contribution in [0.2, 0.25) is 0 Å². The summed E-state index contributed by atoms with van der Waals surface area (Å²) in [7, 11) is 1.69.